The summed E-state index contributed by atoms with van der Waals surface area (Å²) in [6.45, 7) is 1.69. The number of hydrogen-bond acceptors (Lipinski definition) is 5. The van der Waals surface area contributed by atoms with E-state index in [0.29, 0.717) is 28.6 Å². The minimum absolute atomic E-state index is 0.0212. The molecule has 0 fully saturated rings. The van der Waals surface area contributed by atoms with Gasteiger partial charge >= 0.3 is 0 Å². The molecule has 0 aliphatic carbocycles. The molecule has 2 amide bonds. The number of nitrogens with zero attached hydrogens (tertiary/aromatic N) is 2. The number of benzene rings is 3. The molecule has 3 rings (SSSR count). The number of halogens is 1. The first-order valence-electron chi connectivity index (χ1n) is 12.1. The summed E-state index contributed by atoms with van der Waals surface area (Å²) in [5, 5.41) is 3.26. The third-order valence-electron chi connectivity index (χ3n) is 5.96. The van der Waals surface area contributed by atoms with Crippen molar-refractivity contribution in [3.8, 4) is 5.75 Å². The van der Waals surface area contributed by atoms with Crippen molar-refractivity contribution in [3.05, 3.63) is 95.0 Å². The Morgan fingerprint density at radius 2 is 1.61 bits per heavy atom. The summed E-state index contributed by atoms with van der Waals surface area (Å²) in [6.07, 6.45) is 1.28. The molecule has 1 N–H and O–H groups in total. The number of nitrogens with one attached hydrogen (secondary N) is 1. The molecule has 0 radical (unpaired) electrons. The molecule has 0 saturated carbocycles. The van der Waals surface area contributed by atoms with Crippen LogP contribution in [0.1, 0.15) is 18.1 Å². The van der Waals surface area contributed by atoms with Gasteiger partial charge in [0.1, 0.15) is 18.3 Å². The van der Waals surface area contributed by atoms with Gasteiger partial charge in [-0.15, -0.1) is 0 Å². The first-order chi connectivity index (χ1) is 18.1. The molecule has 0 heterocycles. The highest BCUT2D eigenvalue weighted by atomic mass is 35.5. The normalized spacial score (nSPS) is 11.9. The van der Waals surface area contributed by atoms with Gasteiger partial charge in [0.05, 0.1) is 19.1 Å². The topological polar surface area (TPSA) is 96.0 Å². The van der Waals surface area contributed by atoms with Gasteiger partial charge in [0.15, 0.2) is 0 Å². The van der Waals surface area contributed by atoms with Gasteiger partial charge in [0.2, 0.25) is 21.8 Å². The van der Waals surface area contributed by atoms with Gasteiger partial charge in [-0.3, -0.25) is 13.9 Å². The molecular formula is C28H32ClN3O5S. The Balaban J connectivity index is 2.03. The Morgan fingerprint density at radius 3 is 2.18 bits per heavy atom. The maximum absolute atomic E-state index is 13.9. The minimum Gasteiger partial charge on any atom is -0.497 e. The van der Waals surface area contributed by atoms with Gasteiger partial charge in [0.25, 0.3) is 0 Å². The zero-order valence-corrected chi connectivity index (χ0v) is 23.2. The number of carbonyl (C=O) groups excluding carboxylic acids is 2. The maximum atomic E-state index is 13.9. The van der Waals surface area contributed by atoms with Crippen LogP contribution >= 0.6 is 11.6 Å². The van der Waals surface area contributed by atoms with Crippen molar-refractivity contribution < 1.29 is 22.7 Å². The molecule has 3 aromatic rings. The van der Waals surface area contributed by atoms with Crippen LogP contribution in [-0.4, -0.2) is 57.6 Å². The number of rotatable bonds is 12. The predicted molar refractivity (Wildman–Crippen MR) is 150 cm³/mol. The van der Waals surface area contributed by atoms with E-state index in [9.17, 15) is 18.0 Å². The van der Waals surface area contributed by atoms with Crippen LogP contribution in [0.4, 0.5) is 5.69 Å². The molecule has 10 heteroatoms. The highest BCUT2D eigenvalue weighted by Gasteiger charge is 2.33. The lowest BCUT2D eigenvalue weighted by Crippen LogP contribution is -2.53. The number of carbonyl (C=O) groups is 2. The largest absolute Gasteiger partial charge is 0.497 e. The van der Waals surface area contributed by atoms with E-state index in [1.165, 1.54) is 12.0 Å². The molecule has 202 valence electrons. The third kappa shape index (κ3) is 7.72. The van der Waals surface area contributed by atoms with E-state index >= 15 is 0 Å². The third-order valence-corrected chi connectivity index (χ3v) is 7.47. The van der Waals surface area contributed by atoms with E-state index in [1.54, 1.807) is 55.5 Å². The Hall–Kier alpha value is -3.56. The number of hydrogen-bond donors (Lipinski definition) is 1. The molecule has 0 aromatic heterocycles. The zero-order chi connectivity index (χ0) is 27.7. The molecule has 0 bridgehead atoms. The van der Waals surface area contributed by atoms with Crippen molar-refractivity contribution in [3.63, 3.8) is 0 Å². The molecule has 1 atom stereocenters. The van der Waals surface area contributed by atoms with Gasteiger partial charge in [0, 0.05) is 24.5 Å². The first-order valence-corrected chi connectivity index (χ1v) is 14.3. The number of amides is 2. The van der Waals surface area contributed by atoms with Crippen molar-refractivity contribution in [2.75, 3.05) is 30.8 Å². The molecule has 0 aliphatic heterocycles. The van der Waals surface area contributed by atoms with E-state index < -0.39 is 28.5 Å². The second kappa shape index (κ2) is 13.3. The van der Waals surface area contributed by atoms with Crippen molar-refractivity contribution in [1.29, 1.82) is 0 Å². The average Bonchev–Trinajstić information content (AvgIpc) is 2.90. The molecular weight excluding hydrogens is 526 g/mol. The summed E-state index contributed by atoms with van der Waals surface area (Å²) < 4.78 is 31.7. The predicted octanol–water partition coefficient (Wildman–Crippen LogP) is 3.89. The second-order valence-corrected chi connectivity index (χ2v) is 11.0. The smallest absolute Gasteiger partial charge is 0.244 e. The van der Waals surface area contributed by atoms with E-state index in [4.69, 9.17) is 16.3 Å². The molecule has 38 heavy (non-hydrogen) atoms. The lowest BCUT2D eigenvalue weighted by Gasteiger charge is -2.33. The van der Waals surface area contributed by atoms with E-state index in [0.717, 1.165) is 16.1 Å². The number of anilines is 1. The zero-order valence-electron chi connectivity index (χ0n) is 21.6. The Bertz CT molecular complexity index is 1330. The fourth-order valence-corrected chi connectivity index (χ4v) is 5.06. The van der Waals surface area contributed by atoms with Gasteiger partial charge < -0.3 is 15.0 Å². The summed E-state index contributed by atoms with van der Waals surface area (Å²) in [7, 11) is -2.34. The monoisotopic (exact) mass is 557 g/mol. The van der Waals surface area contributed by atoms with Crippen molar-refractivity contribution >= 4 is 39.1 Å². The SMILES string of the molecule is CCNC(=O)C(Cc1ccccc1)N(Cc1ccccc1Cl)C(=O)CN(c1ccc(OC)cc1)S(C)(=O)=O. The Kier molecular flexibility index (Phi) is 10.2. The fourth-order valence-electron chi connectivity index (χ4n) is 4.02. The number of methoxy groups -OCH3 is 1. The minimum atomic E-state index is -3.84. The average molecular weight is 558 g/mol. The quantitative estimate of drug-likeness (QED) is 0.364. The summed E-state index contributed by atoms with van der Waals surface area (Å²) >= 11 is 6.42. The second-order valence-electron chi connectivity index (χ2n) is 8.68. The van der Waals surface area contributed by atoms with Gasteiger partial charge in [-0.2, -0.15) is 0 Å². The summed E-state index contributed by atoms with van der Waals surface area (Å²) in [5.74, 6) is -0.335. The van der Waals surface area contributed by atoms with Crippen LogP contribution in [0, 0.1) is 0 Å². The Morgan fingerprint density at radius 1 is 0.974 bits per heavy atom. The van der Waals surface area contributed by atoms with Gasteiger partial charge in [-0.1, -0.05) is 60.1 Å². The maximum Gasteiger partial charge on any atom is 0.244 e. The lowest BCUT2D eigenvalue weighted by molar-refractivity contribution is -0.140. The molecule has 0 aliphatic rings. The number of likely N-dealkylation sites (N-methyl/N-ethyl adjacent to an activating group) is 1. The molecule has 3 aromatic carbocycles. The standard InChI is InChI=1S/C28H32ClN3O5S/c1-4-30-28(34)26(18-21-10-6-5-7-11-21)31(19-22-12-8-9-13-25(22)29)27(33)20-32(38(3,35)36)23-14-16-24(37-2)17-15-23/h5-17,26H,4,18-20H2,1-3H3,(H,30,34). The molecule has 8 nitrogen and oxygen atoms in total. The van der Waals surface area contributed by atoms with E-state index in [1.807, 2.05) is 30.3 Å². The lowest BCUT2D eigenvalue weighted by atomic mass is 10.0. The van der Waals surface area contributed by atoms with Gasteiger partial charge in [-0.25, -0.2) is 8.42 Å². The molecule has 0 spiro atoms. The van der Waals surface area contributed by atoms with Crippen LogP contribution < -0.4 is 14.4 Å². The van der Waals surface area contributed by atoms with E-state index in [-0.39, 0.29) is 18.9 Å². The van der Waals surface area contributed by atoms with Crippen LogP contribution in [0.25, 0.3) is 0 Å². The summed E-state index contributed by atoms with van der Waals surface area (Å²) in [5.41, 5.74) is 1.80. The molecule has 1 unspecified atom stereocenters. The van der Waals surface area contributed by atoms with Gasteiger partial charge in [-0.05, 0) is 48.4 Å². The first kappa shape index (κ1) is 29.0. The van der Waals surface area contributed by atoms with Crippen molar-refractivity contribution in [1.82, 2.24) is 10.2 Å². The van der Waals surface area contributed by atoms with Crippen LogP contribution in [-0.2, 0) is 32.6 Å². The Labute approximate surface area is 229 Å². The van der Waals surface area contributed by atoms with Crippen LogP contribution in [0.15, 0.2) is 78.9 Å². The highest BCUT2D eigenvalue weighted by Crippen LogP contribution is 2.24. The fraction of sp³-hybridized carbons (Fsp3) is 0.286. The van der Waals surface area contributed by atoms with Crippen LogP contribution in [0.5, 0.6) is 5.75 Å². The summed E-state index contributed by atoms with van der Waals surface area (Å²) in [4.78, 5) is 28.6. The van der Waals surface area contributed by atoms with Crippen molar-refractivity contribution in [2.24, 2.45) is 0 Å². The number of sulfonamides is 1. The highest BCUT2D eigenvalue weighted by molar-refractivity contribution is 7.92. The molecule has 0 saturated heterocycles. The van der Waals surface area contributed by atoms with Crippen molar-refractivity contribution in [2.45, 2.75) is 25.9 Å². The van der Waals surface area contributed by atoms with Crippen LogP contribution in [0.3, 0.4) is 0 Å². The summed E-state index contributed by atoms with van der Waals surface area (Å²) in [6, 6.07) is 21.9. The van der Waals surface area contributed by atoms with Crippen LogP contribution in [0.2, 0.25) is 5.02 Å². The number of ether oxygens (including phenoxy) is 1. The van der Waals surface area contributed by atoms with E-state index in [2.05, 4.69) is 5.32 Å².